The van der Waals surface area contributed by atoms with E-state index >= 15 is 0 Å². The highest BCUT2D eigenvalue weighted by atomic mass is 79.9. The lowest BCUT2D eigenvalue weighted by molar-refractivity contribution is 0.112. The fraction of sp³-hybridized carbons (Fsp3) is 0.250. The Morgan fingerprint density at radius 3 is 2.69 bits per heavy atom. The predicted molar refractivity (Wildman–Crippen MR) is 47.0 cm³/mol. The monoisotopic (exact) mass is 249 g/mol. The fourth-order valence-electron chi connectivity index (χ4n) is 0.943. The molecule has 2 nitrogen and oxygen atoms in total. The van der Waals surface area contributed by atoms with Crippen molar-refractivity contribution >= 4 is 22.2 Å². The first-order chi connectivity index (χ1) is 6.07. The van der Waals surface area contributed by atoms with E-state index in [2.05, 4.69) is 20.9 Å². The molecule has 0 spiro atoms. The van der Waals surface area contributed by atoms with Crippen LogP contribution < -0.4 is 0 Å². The molecule has 0 saturated heterocycles. The minimum atomic E-state index is -2.62. The number of alkyl halides is 2. The van der Waals surface area contributed by atoms with Gasteiger partial charge in [0, 0.05) is 21.9 Å². The van der Waals surface area contributed by atoms with Gasteiger partial charge in [0.1, 0.15) is 0 Å². The molecule has 0 saturated carbocycles. The molecule has 1 aromatic rings. The van der Waals surface area contributed by atoms with Gasteiger partial charge in [-0.1, -0.05) is 0 Å². The average Bonchev–Trinajstić information content (AvgIpc) is 2.04. The van der Waals surface area contributed by atoms with E-state index in [1.807, 2.05) is 0 Å². The van der Waals surface area contributed by atoms with Crippen LogP contribution >= 0.6 is 15.9 Å². The molecule has 0 fully saturated rings. The van der Waals surface area contributed by atoms with Crippen LogP contribution in [0, 0.1) is 6.92 Å². The van der Waals surface area contributed by atoms with Gasteiger partial charge in [-0.25, -0.2) is 8.78 Å². The summed E-state index contributed by atoms with van der Waals surface area (Å²) in [6.45, 7) is 1.47. The maximum Gasteiger partial charge on any atom is 0.266 e. The van der Waals surface area contributed by atoms with Gasteiger partial charge >= 0.3 is 0 Å². The summed E-state index contributed by atoms with van der Waals surface area (Å²) in [7, 11) is 0. The minimum absolute atomic E-state index is 0.130. The topological polar surface area (TPSA) is 30.0 Å². The lowest BCUT2D eigenvalue weighted by Crippen LogP contribution is -1.98. The van der Waals surface area contributed by atoms with Gasteiger partial charge in [-0.15, -0.1) is 0 Å². The zero-order valence-corrected chi connectivity index (χ0v) is 8.31. The molecule has 1 heterocycles. The van der Waals surface area contributed by atoms with E-state index < -0.39 is 6.43 Å². The molecule has 13 heavy (non-hydrogen) atoms. The summed E-state index contributed by atoms with van der Waals surface area (Å²) in [6.07, 6.45) is -0.873. The van der Waals surface area contributed by atoms with Crippen LogP contribution in [0.5, 0.6) is 0 Å². The molecule has 0 bridgehead atoms. The molecular weight excluding hydrogens is 244 g/mol. The van der Waals surface area contributed by atoms with Crippen LogP contribution in [0.2, 0.25) is 0 Å². The summed E-state index contributed by atoms with van der Waals surface area (Å²) in [5, 5.41) is 0. The Kier molecular flexibility index (Phi) is 3.08. The number of halogens is 3. The number of hydrogen-bond acceptors (Lipinski definition) is 2. The molecule has 0 atom stereocenters. The second-order valence-corrected chi connectivity index (χ2v) is 3.24. The van der Waals surface area contributed by atoms with Gasteiger partial charge in [-0.3, -0.25) is 9.78 Å². The Hall–Kier alpha value is -0.840. The van der Waals surface area contributed by atoms with Crippen LogP contribution in [0.1, 0.15) is 28.0 Å². The number of carbonyl (C=O) groups is 1. The number of aromatic nitrogens is 1. The van der Waals surface area contributed by atoms with Gasteiger partial charge < -0.3 is 0 Å². The Bertz CT molecular complexity index is 341. The Balaban J connectivity index is 3.38. The van der Waals surface area contributed by atoms with Gasteiger partial charge in [0.15, 0.2) is 6.29 Å². The van der Waals surface area contributed by atoms with Crippen molar-refractivity contribution < 1.29 is 13.6 Å². The molecule has 0 aliphatic heterocycles. The molecule has 0 aromatic carbocycles. The molecule has 0 amide bonds. The van der Waals surface area contributed by atoms with Crippen LogP contribution in [-0.2, 0) is 0 Å². The second kappa shape index (κ2) is 3.91. The van der Waals surface area contributed by atoms with Crippen molar-refractivity contribution in [1.82, 2.24) is 4.98 Å². The van der Waals surface area contributed by atoms with Crippen LogP contribution in [0.4, 0.5) is 8.78 Å². The number of aldehydes is 1. The molecule has 1 rings (SSSR count). The lowest BCUT2D eigenvalue weighted by Gasteiger charge is -2.07. The zero-order chi connectivity index (χ0) is 10.0. The summed E-state index contributed by atoms with van der Waals surface area (Å²) in [6, 6.07) is 0. The third-order valence-electron chi connectivity index (χ3n) is 1.62. The minimum Gasteiger partial charge on any atom is -0.298 e. The largest absolute Gasteiger partial charge is 0.298 e. The van der Waals surface area contributed by atoms with E-state index in [1.165, 1.54) is 13.1 Å². The highest BCUT2D eigenvalue weighted by Crippen LogP contribution is 2.30. The van der Waals surface area contributed by atoms with Crippen LogP contribution in [0.3, 0.4) is 0 Å². The zero-order valence-electron chi connectivity index (χ0n) is 6.72. The smallest absolute Gasteiger partial charge is 0.266 e. The van der Waals surface area contributed by atoms with Crippen molar-refractivity contribution in [3.8, 4) is 0 Å². The van der Waals surface area contributed by atoms with E-state index in [4.69, 9.17) is 0 Å². The lowest BCUT2D eigenvalue weighted by atomic mass is 10.1. The van der Waals surface area contributed by atoms with Crippen molar-refractivity contribution in [1.29, 1.82) is 0 Å². The van der Waals surface area contributed by atoms with E-state index in [0.29, 0.717) is 6.29 Å². The van der Waals surface area contributed by atoms with Crippen LogP contribution in [0.15, 0.2) is 10.7 Å². The quantitative estimate of drug-likeness (QED) is 0.755. The summed E-state index contributed by atoms with van der Waals surface area (Å²) in [5.41, 5.74) is 0.151. The Morgan fingerprint density at radius 2 is 2.23 bits per heavy atom. The summed E-state index contributed by atoms with van der Waals surface area (Å²) in [5.74, 6) is 0. The summed E-state index contributed by atoms with van der Waals surface area (Å²) >= 11 is 2.94. The second-order valence-electron chi connectivity index (χ2n) is 2.45. The van der Waals surface area contributed by atoms with Gasteiger partial charge in [0.25, 0.3) is 6.43 Å². The Morgan fingerprint density at radius 1 is 1.62 bits per heavy atom. The van der Waals surface area contributed by atoms with Crippen LogP contribution in [-0.4, -0.2) is 11.3 Å². The van der Waals surface area contributed by atoms with Gasteiger partial charge in [0.2, 0.25) is 0 Å². The molecule has 0 aliphatic rings. The van der Waals surface area contributed by atoms with Crippen molar-refractivity contribution in [2.45, 2.75) is 13.3 Å². The molecule has 70 valence electrons. The number of carbonyl (C=O) groups excluding carboxylic acids is 1. The van der Waals surface area contributed by atoms with Crippen molar-refractivity contribution in [2.24, 2.45) is 0 Å². The van der Waals surface area contributed by atoms with E-state index in [1.54, 1.807) is 0 Å². The van der Waals surface area contributed by atoms with Gasteiger partial charge in [-0.2, -0.15) is 0 Å². The van der Waals surface area contributed by atoms with Gasteiger partial charge in [-0.05, 0) is 22.9 Å². The van der Waals surface area contributed by atoms with E-state index in [9.17, 15) is 13.6 Å². The first kappa shape index (κ1) is 10.2. The molecule has 0 N–H and O–H groups in total. The Labute approximate surface area is 82.1 Å². The molecule has 5 heteroatoms. The number of pyridine rings is 1. The highest BCUT2D eigenvalue weighted by Gasteiger charge is 2.17. The fourth-order valence-corrected chi connectivity index (χ4v) is 1.60. The molecule has 0 radical (unpaired) electrons. The van der Waals surface area contributed by atoms with E-state index in [0.717, 1.165) is 0 Å². The van der Waals surface area contributed by atoms with Crippen molar-refractivity contribution in [3.05, 3.63) is 27.5 Å². The average molecular weight is 250 g/mol. The third-order valence-corrected chi connectivity index (χ3v) is 2.51. The first-order valence-electron chi connectivity index (χ1n) is 3.46. The number of aryl methyl sites for hydroxylation is 1. The SMILES string of the molecule is Cc1ncc(C=O)c(Br)c1C(F)F. The van der Waals surface area contributed by atoms with Crippen LogP contribution in [0.25, 0.3) is 0 Å². The first-order valence-corrected chi connectivity index (χ1v) is 4.25. The third kappa shape index (κ3) is 1.91. The maximum atomic E-state index is 12.4. The van der Waals surface area contributed by atoms with Crippen molar-refractivity contribution in [2.75, 3.05) is 0 Å². The standard InChI is InChI=1S/C8H6BrF2NO/c1-4-6(8(10)11)7(9)5(3-13)2-12-4/h2-3,8H,1H3. The predicted octanol–water partition coefficient (Wildman–Crippen LogP) is 2.90. The van der Waals surface area contributed by atoms with E-state index in [-0.39, 0.29) is 21.3 Å². The molecule has 0 unspecified atom stereocenters. The summed E-state index contributed by atoms with van der Waals surface area (Å²) < 4.78 is 25.0. The number of hydrogen-bond donors (Lipinski definition) is 0. The van der Waals surface area contributed by atoms with Gasteiger partial charge in [0.05, 0.1) is 5.56 Å². The number of nitrogens with zero attached hydrogens (tertiary/aromatic N) is 1. The number of rotatable bonds is 2. The molecular formula is C8H6BrF2NO. The molecule has 0 aliphatic carbocycles. The maximum absolute atomic E-state index is 12.4. The molecule has 1 aromatic heterocycles. The van der Waals surface area contributed by atoms with Crippen molar-refractivity contribution in [3.63, 3.8) is 0 Å². The normalized spacial score (nSPS) is 10.5. The summed E-state index contributed by atoms with van der Waals surface area (Å²) in [4.78, 5) is 14.1. The highest BCUT2D eigenvalue weighted by molar-refractivity contribution is 9.10.